The Morgan fingerprint density at radius 2 is 2.14 bits per heavy atom. The summed E-state index contributed by atoms with van der Waals surface area (Å²) in [5.41, 5.74) is 7.29. The minimum absolute atomic E-state index is 0.333. The van der Waals surface area contributed by atoms with E-state index in [1.54, 1.807) is 30.4 Å². The number of hydrogen-bond acceptors (Lipinski definition) is 3. The monoisotopic (exact) mass is 183 g/mol. The van der Waals surface area contributed by atoms with Crippen LogP contribution in [0.1, 0.15) is 17.5 Å². The molecule has 3 nitrogen and oxygen atoms in total. The Balaban J connectivity index is 3.05. The number of nitrogens with two attached hydrogens (primary N) is 1. The van der Waals surface area contributed by atoms with Gasteiger partial charge in [-0.15, -0.1) is 0 Å². The van der Waals surface area contributed by atoms with Crippen molar-refractivity contribution in [1.82, 2.24) is 0 Å². The lowest BCUT2D eigenvalue weighted by molar-refractivity contribution is 1.36. The van der Waals surface area contributed by atoms with Gasteiger partial charge in [0.05, 0.1) is 23.7 Å². The first-order valence-electron chi connectivity index (χ1n) is 4.11. The maximum absolute atomic E-state index is 8.83. The van der Waals surface area contributed by atoms with Gasteiger partial charge in [-0.3, -0.25) is 0 Å². The molecule has 0 bridgehead atoms. The summed E-state index contributed by atoms with van der Waals surface area (Å²) in [6.45, 7) is 0. The molecule has 0 atom stereocenters. The van der Waals surface area contributed by atoms with Gasteiger partial charge in [-0.05, 0) is 11.6 Å². The van der Waals surface area contributed by atoms with Crippen LogP contribution in [-0.2, 0) is 0 Å². The van der Waals surface area contributed by atoms with Gasteiger partial charge in [0.2, 0.25) is 0 Å². The summed E-state index contributed by atoms with van der Waals surface area (Å²) in [6, 6.07) is 9.28. The minimum atomic E-state index is 0.333. The molecule has 0 saturated carbocycles. The molecule has 3 heteroatoms. The quantitative estimate of drug-likeness (QED) is 0.713. The Morgan fingerprint density at radius 1 is 1.36 bits per heavy atom. The normalized spacial score (nSPS) is 9.57. The molecule has 0 aromatic heterocycles. The average Bonchev–Trinajstić information content (AvgIpc) is 2.18. The van der Waals surface area contributed by atoms with Gasteiger partial charge in [-0.25, -0.2) is 0 Å². The molecule has 68 valence electrons. The molecule has 0 aliphatic heterocycles. The first kappa shape index (κ1) is 9.83. The van der Waals surface area contributed by atoms with Crippen molar-refractivity contribution in [1.29, 1.82) is 10.5 Å². The first-order chi connectivity index (χ1) is 6.79. The summed E-state index contributed by atoms with van der Waals surface area (Å²) in [6.07, 6.45) is 3.77. The first-order valence-corrected chi connectivity index (χ1v) is 4.11. The second-order valence-electron chi connectivity index (χ2n) is 2.69. The molecule has 0 heterocycles. The highest BCUT2D eigenvalue weighted by Crippen LogP contribution is 2.17. The average molecular weight is 183 g/mol. The van der Waals surface area contributed by atoms with Crippen LogP contribution in [0.2, 0.25) is 0 Å². The summed E-state index contributed by atoms with van der Waals surface area (Å²) in [4.78, 5) is 0. The van der Waals surface area contributed by atoms with Crippen molar-refractivity contribution in [2.45, 2.75) is 6.42 Å². The van der Waals surface area contributed by atoms with Crippen molar-refractivity contribution >= 4 is 11.8 Å². The van der Waals surface area contributed by atoms with E-state index < -0.39 is 0 Å². The van der Waals surface area contributed by atoms with Gasteiger partial charge in [-0.1, -0.05) is 24.3 Å². The molecule has 0 spiro atoms. The zero-order valence-corrected chi connectivity index (χ0v) is 7.57. The van der Waals surface area contributed by atoms with Crippen LogP contribution in [-0.4, -0.2) is 0 Å². The molecule has 0 amide bonds. The van der Waals surface area contributed by atoms with Crippen LogP contribution in [0.5, 0.6) is 0 Å². The lowest BCUT2D eigenvalue weighted by Gasteiger charge is -2.00. The number of allylic oxidation sites excluding steroid dienone is 1. The molecule has 0 aliphatic carbocycles. The van der Waals surface area contributed by atoms with E-state index in [9.17, 15) is 0 Å². The molecule has 0 fully saturated rings. The molecule has 1 rings (SSSR count). The molecule has 0 radical (unpaired) electrons. The van der Waals surface area contributed by atoms with Crippen molar-refractivity contribution < 1.29 is 0 Å². The van der Waals surface area contributed by atoms with Crippen molar-refractivity contribution in [2.75, 3.05) is 5.73 Å². The van der Waals surface area contributed by atoms with Crippen molar-refractivity contribution in [3.05, 3.63) is 35.4 Å². The van der Waals surface area contributed by atoms with Crippen LogP contribution >= 0.6 is 0 Å². The SMILES string of the molecule is N#CCC=Cc1cccc(N)c1C#N. The smallest absolute Gasteiger partial charge is 0.102 e. The number of nitrogens with zero attached hydrogens (tertiary/aromatic N) is 2. The molecular weight excluding hydrogens is 174 g/mol. The van der Waals surface area contributed by atoms with Crippen molar-refractivity contribution in [3.63, 3.8) is 0 Å². The maximum atomic E-state index is 8.83. The van der Waals surface area contributed by atoms with Crippen molar-refractivity contribution in [2.24, 2.45) is 0 Å². The molecule has 2 N–H and O–H groups in total. The van der Waals surface area contributed by atoms with E-state index in [-0.39, 0.29) is 0 Å². The van der Waals surface area contributed by atoms with E-state index in [0.29, 0.717) is 17.7 Å². The van der Waals surface area contributed by atoms with Crippen molar-refractivity contribution in [3.8, 4) is 12.1 Å². The Kier molecular flexibility index (Phi) is 3.29. The van der Waals surface area contributed by atoms with Crippen LogP contribution in [0.25, 0.3) is 6.08 Å². The number of hydrogen-bond donors (Lipinski definition) is 1. The number of benzene rings is 1. The summed E-state index contributed by atoms with van der Waals surface area (Å²) in [5.74, 6) is 0. The second-order valence-corrected chi connectivity index (χ2v) is 2.69. The van der Waals surface area contributed by atoms with E-state index in [1.807, 2.05) is 12.1 Å². The zero-order chi connectivity index (χ0) is 10.4. The molecule has 14 heavy (non-hydrogen) atoms. The highest BCUT2D eigenvalue weighted by Gasteiger charge is 2.01. The molecular formula is C11H9N3. The topological polar surface area (TPSA) is 73.6 Å². The van der Waals surface area contributed by atoms with Crippen LogP contribution in [0.4, 0.5) is 5.69 Å². The summed E-state index contributed by atoms with van der Waals surface area (Å²) in [7, 11) is 0. The maximum Gasteiger partial charge on any atom is 0.102 e. The Hall–Kier alpha value is -2.26. The predicted molar refractivity (Wildman–Crippen MR) is 54.8 cm³/mol. The fourth-order valence-corrected chi connectivity index (χ4v) is 1.10. The van der Waals surface area contributed by atoms with E-state index in [1.165, 1.54) is 0 Å². The van der Waals surface area contributed by atoms with Crippen LogP contribution < -0.4 is 5.73 Å². The van der Waals surface area contributed by atoms with Gasteiger partial charge >= 0.3 is 0 Å². The number of rotatable bonds is 2. The Bertz CT molecular complexity index is 433. The van der Waals surface area contributed by atoms with E-state index in [2.05, 4.69) is 0 Å². The summed E-state index contributed by atoms with van der Waals surface area (Å²) < 4.78 is 0. The highest BCUT2D eigenvalue weighted by molar-refractivity contribution is 5.67. The fraction of sp³-hybridized carbons (Fsp3) is 0.0909. The third-order valence-corrected chi connectivity index (χ3v) is 1.75. The molecule has 0 aliphatic rings. The third-order valence-electron chi connectivity index (χ3n) is 1.75. The lowest BCUT2D eigenvalue weighted by atomic mass is 10.1. The molecule has 1 aromatic rings. The largest absolute Gasteiger partial charge is 0.398 e. The minimum Gasteiger partial charge on any atom is -0.398 e. The fourth-order valence-electron chi connectivity index (χ4n) is 1.10. The second kappa shape index (κ2) is 4.69. The lowest BCUT2D eigenvalue weighted by Crippen LogP contribution is -1.92. The van der Waals surface area contributed by atoms with Gasteiger partial charge in [0.25, 0.3) is 0 Å². The molecule has 1 aromatic carbocycles. The van der Waals surface area contributed by atoms with Gasteiger partial charge in [0.15, 0.2) is 0 Å². The van der Waals surface area contributed by atoms with E-state index >= 15 is 0 Å². The number of anilines is 1. The van der Waals surface area contributed by atoms with E-state index in [0.717, 1.165) is 5.56 Å². The Labute approximate surface area is 82.7 Å². The van der Waals surface area contributed by atoms with Crippen LogP contribution in [0.3, 0.4) is 0 Å². The summed E-state index contributed by atoms with van der Waals surface area (Å²) in [5, 5.41) is 17.2. The standard InChI is InChI=1S/C11H9N3/c12-7-2-1-4-9-5-3-6-11(14)10(9)8-13/h1,3-6H,2,14H2. The van der Waals surface area contributed by atoms with Crippen LogP contribution in [0.15, 0.2) is 24.3 Å². The zero-order valence-electron chi connectivity index (χ0n) is 7.57. The number of nitriles is 2. The highest BCUT2D eigenvalue weighted by atomic mass is 14.6. The predicted octanol–water partition coefficient (Wildman–Crippen LogP) is 2.07. The summed E-state index contributed by atoms with van der Waals surface area (Å²) >= 11 is 0. The number of nitrogen functional groups attached to an aromatic ring is 1. The van der Waals surface area contributed by atoms with Gasteiger partial charge in [-0.2, -0.15) is 10.5 Å². The molecule has 0 unspecified atom stereocenters. The van der Waals surface area contributed by atoms with Gasteiger partial charge in [0.1, 0.15) is 6.07 Å². The van der Waals surface area contributed by atoms with E-state index in [4.69, 9.17) is 16.3 Å². The van der Waals surface area contributed by atoms with Crippen LogP contribution in [0, 0.1) is 22.7 Å². The van der Waals surface area contributed by atoms with Gasteiger partial charge < -0.3 is 5.73 Å². The Morgan fingerprint density at radius 3 is 2.79 bits per heavy atom. The third kappa shape index (κ3) is 2.12. The van der Waals surface area contributed by atoms with Gasteiger partial charge in [0, 0.05) is 0 Å². The molecule has 0 saturated heterocycles.